The summed E-state index contributed by atoms with van der Waals surface area (Å²) in [5, 5.41) is 14.1. The lowest BCUT2D eigenvalue weighted by Crippen LogP contribution is -2.40. The third kappa shape index (κ3) is 4.28. The summed E-state index contributed by atoms with van der Waals surface area (Å²) in [7, 11) is 0. The zero-order valence-corrected chi connectivity index (χ0v) is 13.1. The number of hydrogen-bond acceptors (Lipinski definition) is 4. The smallest absolute Gasteiger partial charge is 0.320 e. The Morgan fingerprint density at radius 3 is 3.05 bits per heavy atom. The summed E-state index contributed by atoms with van der Waals surface area (Å²) >= 11 is 1.75. The molecular formula is C15H22N2O3S. The van der Waals surface area contributed by atoms with E-state index in [4.69, 9.17) is 5.11 Å². The number of aliphatic carboxylic acids is 1. The van der Waals surface area contributed by atoms with Crippen molar-refractivity contribution in [1.82, 2.24) is 10.2 Å². The van der Waals surface area contributed by atoms with Crippen molar-refractivity contribution >= 4 is 23.2 Å². The van der Waals surface area contributed by atoms with E-state index in [9.17, 15) is 9.59 Å². The van der Waals surface area contributed by atoms with Crippen molar-refractivity contribution in [1.29, 1.82) is 0 Å². The number of carbonyl (C=O) groups is 2. The second kappa shape index (κ2) is 7.56. The lowest BCUT2D eigenvalue weighted by Gasteiger charge is -2.27. The second-order valence-electron chi connectivity index (χ2n) is 5.32. The van der Waals surface area contributed by atoms with Gasteiger partial charge in [0.1, 0.15) is 6.04 Å². The van der Waals surface area contributed by atoms with Gasteiger partial charge < -0.3 is 15.3 Å². The fraction of sp³-hybridized carbons (Fsp3) is 0.600. The van der Waals surface area contributed by atoms with E-state index in [-0.39, 0.29) is 5.91 Å². The van der Waals surface area contributed by atoms with Crippen LogP contribution in [0.25, 0.3) is 0 Å². The molecule has 1 unspecified atom stereocenters. The monoisotopic (exact) mass is 310 g/mol. The summed E-state index contributed by atoms with van der Waals surface area (Å²) in [6, 6.07) is 1.53. The molecular weight excluding hydrogens is 288 g/mol. The van der Waals surface area contributed by atoms with E-state index in [1.807, 2.05) is 11.8 Å². The number of rotatable bonds is 7. The molecule has 0 saturated heterocycles. The maximum absolute atomic E-state index is 12.2. The fourth-order valence-corrected chi connectivity index (χ4v) is 3.46. The van der Waals surface area contributed by atoms with Gasteiger partial charge in [-0.1, -0.05) is 13.3 Å². The van der Waals surface area contributed by atoms with Crippen LogP contribution in [0.4, 0.5) is 0 Å². The van der Waals surface area contributed by atoms with Crippen molar-refractivity contribution in [3.8, 4) is 0 Å². The van der Waals surface area contributed by atoms with Crippen LogP contribution in [0.2, 0.25) is 0 Å². The Bertz CT molecular complexity index is 501. The Balaban J connectivity index is 1.76. The highest BCUT2D eigenvalue weighted by Gasteiger charge is 2.22. The van der Waals surface area contributed by atoms with E-state index in [0.717, 1.165) is 19.4 Å². The summed E-state index contributed by atoms with van der Waals surface area (Å²) in [6.45, 7) is 3.83. The highest BCUT2D eigenvalue weighted by atomic mass is 32.1. The largest absolute Gasteiger partial charge is 0.480 e. The first-order valence-electron chi connectivity index (χ1n) is 7.41. The Kier molecular flexibility index (Phi) is 5.76. The molecule has 2 rings (SSSR count). The Morgan fingerprint density at radius 1 is 1.52 bits per heavy atom. The molecule has 1 aliphatic heterocycles. The van der Waals surface area contributed by atoms with Gasteiger partial charge >= 0.3 is 5.97 Å². The van der Waals surface area contributed by atoms with Gasteiger partial charge in [-0.3, -0.25) is 9.59 Å². The van der Waals surface area contributed by atoms with Gasteiger partial charge in [-0.2, -0.15) is 0 Å². The predicted molar refractivity (Wildman–Crippen MR) is 82.4 cm³/mol. The van der Waals surface area contributed by atoms with Crippen molar-refractivity contribution in [2.75, 3.05) is 13.1 Å². The van der Waals surface area contributed by atoms with Gasteiger partial charge in [-0.25, -0.2) is 0 Å². The predicted octanol–water partition coefficient (Wildman–Crippen LogP) is 1.87. The van der Waals surface area contributed by atoms with Crippen molar-refractivity contribution in [3.63, 3.8) is 0 Å². The molecule has 1 aliphatic rings. The summed E-state index contributed by atoms with van der Waals surface area (Å²) < 4.78 is 0. The van der Waals surface area contributed by atoms with Gasteiger partial charge in [0.25, 0.3) is 0 Å². The zero-order chi connectivity index (χ0) is 15.2. The molecule has 2 heterocycles. The van der Waals surface area contributed by atoms with Gasteiger partial charge in [-0.15, -0.1) is 11.3 Å². The molecule has 1 aromatic rings. The van der Waals surface area contributed by atoms with Crippen molar-refractivity contribution in [3.05, 3.63) is 21.9 Å². The Morgan fingerprint density at radius 2 is 2.33 bits per heavy atom. The van der Waals surface area contributed by atoms with Gasteiger partial charge in [-0.05, 0) is 29.9 Å². The van der Waals surface area contributed by atoms with E-state index in [2.05, 4.69) is 16.8 Å². The van der Waals surface area contributed by atoms with Gasteiger partial charge in [0, 0.05) is 30.9 Å². The van der Waals surface area contributed by atoms with Crippen molar-refractivity contribution in [2.45, 2.75) is 45.2 Å². The number of nitrogens with one attached hydrogen (secondary N) is 1. The standard InChI is InChI=1S/C15H22N2O3S/c1-2-3-12(15(19)20)16-7-4-14(18)17-8-5-13-11(10-17)6-9-21-13/h6,9,12,16H,2-5,7-8,10H2,1H3,(H,19,20). The molecule has 116 valence electrons. The fourth-order valence-electron chi connectivity index (χ4n) is 2.57. The first-order chi connectivity index (χ1) is 10.1. The molecule has 6 heteroatoms. The normalized spacial score (nSPS) is 15.6. The highest BCUT2D eigenvalue weighted by molar-refractivity contribution is 7.10. The van der Waals surface area contributed by atoms with E-state index in [0.29, 0.717) is 25.9 Å². The number of fused-ring (bicyclic) bond motifs is 1. The summed E-state index contributed by atoms with van der Waals surface area (Å²) in [4.78, 5) is 26.4. The van der Waals surface area contributed by atoms with Crippen LogP contribution in [-0.2, 0) is 22.6 Å². The number of amides is 1. The van der Waals surface area contributed by atoms with Crippen LogP contribution in [0.3, 0.4) is 0 Å². The van der Waals surface area contributed by atoms with Crippen LogP contribution in [0.5, 0.6) is 0 Å². The molecule has 2 N–H and O–H groups in total. The van der Waals surface area contributed by atoms with E-state index < -0.39 is 12.0 Å². The molecule has 1 aromatic heterocycles. The van der Waals surface area contributed by atoms with Crippen LogP contribution in [-0.4, -0.2) is 41.0 Å². The number of hydrogen-bond donors (Lipinski definition) is 2. The Labute approximate surface area is 129 Å². The third-order valence-electron chi connectivity index (χ3n) is 3.77. The molecule has 21 heavy (non-hydrogen) atoms. The maximum atomic E-state index is 12.2. The van der Waals surface area contributed by atoms with Crippen molar-refractivity contribution in [2.24, 2.45) is 0 Å². The lowest BCUT2D eigenvalue weighted by atomic mass is 10.1. The van der Waals surface area contributed by atoms with Crippen LogP contribution >= 0.6 is 11.3 Å². The third-order valence-corrected chi connectivity index (χ3v) is 4.79. The SMILES string of the molecule is CCCC(NCCC(=O)N1CCc2sccc2C1)C(=O)O. The van der Waals surface area contributed by atoms with E-state index >= 15 is 0 Å². The number of thiophene rings is 1. The number of carbonyl (C=O) groups excluding carboxylic acids is 1. The number of carboxylic acids is 1. The van der Waals surface area contributed by atoms with Gasteiger partial charge in [0.15, 0.2) is 0 Å². The topological polar surface area (TPSA) is 69.6 Å². The first-order valence-corrected chi connectivity index (χ1v) is 8.29. The summed E-state index contributed by atoms with van der Waals surface area (Å²) in [5.74, 6) is -0.745. The first kappa shape index (κ1) is 16.0. The second-order valence-corrected chi connectivity index (χ2v) is 6.32. The number of nitrogens with zero attached hydrogens (tertiary/aromatic N) is 1. The van der Waals surface area contributed by atoms with Crippen LogP contribution < -0.4 is 5.32 Å². The summed E-state index contributed by atoms with van der Waals surface area (Å²) in [6.07, 6.45) is 2.68. The molecule has 1 amide bonds. The molecule has 0 aliphatic carbocycles. The molecule has 5 nitrogen and oxygen atoms in total. The quantitative estimate of drug-likeness (QED) is 0.806. The van der Waals surface area contributed by atoms with Gasteiger partial charge in [0.05, 0.1) is 0 Å². The highest BCUT2D eigenvalue weighted by Crippen LogP contribution is 2.24. The van der Waals surface area contributed by atoms with Crippen LogP contribution in [0.15, 0.2) is 11.4 Å². The molecule has 0 saturated carbocycles. The molecule has 0 radical (unpaired) electrons. The van der Waals surface area contributed by atoms with E-state index in [1.54, 1.807) is 11.3 Å². The molecule has 0 spiro atoms. The van der Waals surface area contributed by atoms with E-state index in [1.165, 1.54) is 10.4 Å². The van der Waals surface area contributed by atoms with Gasteiger partial charge in [0.2, 0.25) is 5.91 Å². The Hall–Kier alpha value is -1.40. The van der Waals surface area contributed by atoms with Crippen LogP contribution in [0, 0.1) is 0 Å². The summed E-state index contributed by atoms with van der Waals surface area (Å²) in [5.41, 5.74) is 1.25. The number of carboxylic acid groups (broad SMARTS) is 1. The zero-order valence-electron chi connectivity index (χ0n) is 12.3. The molecule has 0 fully saturated rings. The average Bonchev–Trinajstić information content (AvgIpc) is 2.93. The average molecular weight is 310 g/mol. The van der Waals surface area contributed by atoms with Crippen LogP contribution in [0.1, 0.15) is 36.6 Å². The molecule has 0 bridgehead atoms. The molecule has 1 atom stereocenters. The lowest BCUT2D eigenvalue weighted by molar-refractivity contribution is -0.140. The van der Waals surface area contributed by atoms with Crippen molar-refractivity contribution < 1.29 is 14.7 Å². The molecule has 0 aromatic carbocycles. The minimum absolute atomic E-state index is 0.0972. The minimum Gasteiger partial charge on any atom is -0.480 e. The maximum Gasteiger partial charge on any atom is 0.320 e. The minimum atomic E-state index is -0.842.